The molecule has 5 aromatic rings. The Morgan fingerprint density at radius 1 is 1.02 bits per heavy atom. The number of morpholine rings is 1. The van der Waals surface area contributed by atoms with Crippen molar-refractivity contribution in [2.75, 3.05) is 46.6 Å². The van der Waals surface area contributed by atoms with Gasteiger partial charge in [-0.25, -0.2) is 13.8 Å². The van der Waals surface area contributed by atoms with Crippen molar-refractivity contribution >= 4 is 22.5 Å². The monoisotopic (exact) mass is 634 g/mol. The molecule has 1 aliphatic rings. The number of ether oxygens (including phenoxy) is 4. The maximum Gasteiger partial charge on any atom is 0.336 e. The molecule has 45 heavy (non-hydrogen) atoms. The molecule has 3 heterocycles. The Morgan fingerprint density at radius 3 is 2.64 bits per heavy atom. The number of imidazole rings is 1. The molecule has 234 valence electrons. The lowest BCUT2D eigenvalue weighted by atomic mass is 10.1. The molecule has 1 fully saturated rings. The number of halogens is 2. The topological polar surface area (TPSA) is 100 Å². The number of nitrogens with zero attached hydrogens (tertiary/aromatic N) is 4. The average Bonchev–Trinajstić information content (AvgIpc) is 3.32. The highest BCUT2D eigenvalue weighted by Gasteiger charge is 2.18. The van der Waals surface area contributed by atoms with Crippen LogP contribution >= 0.6 is 11.6 Å². The molecular weight excluding hydrogens is 603 g/mol. The van der Waals surface area contributed by atoms with Gasteiger partial charge < -0.3 is 24.1 Å². The average molecular weight is 635 g/mol. The lowest BCUT2D eigenvalue weighted by Gasteiger charge is -2.26. The first-order valence-corrected chi connectivity index (χ1v) is 14.9. The van der Waals surface area contributed by atoms with E-state index in [2.05, 4.69) is 9.88 Å². The zero-order valence-electron chi connectivity index (χ0n) is 24.6. The Bertz CT molecular complexity index is 1870. The van der Waals surface area contributed by atoms with Crippen LogP contribution in [0.3, 0.4) is 0 Å². The third-order valence-electron chi connectivity index (χ3n) is 7.54. The molecule has 0 saturated carbocycles. The first-order chi connectivity index (χ1) is 21.9. The summed E-state index contributed by atoms with van der Waals surface area (Å²) in [6.07, 6.45) is 3.71. The molecule has 0 aliphatic carbocycles. The van der Waals surface area contributed by atoms with E-state index in [0.29, 0.717) is 39.8 Å². The van der Waals surface area contributed by atoms with E-state index in [0.717, 1.165) is 55.5 Å². The second-order valence-electron chi connectivity index (χ2n) is 10.6. The molecule has 1 saturated heterocycles. The second kappa shape index (κ2) is 13.6. The van der Waals surface area contributed by atoms with Crippen molar-refractivity contribution in [2.24, 2.45) is 0 Å². The summed E-state index contributed by atoms with van der Waals surface area (Å²) in [5.74, 6) is 0.287. The standard InChI is InChI=1S/C33H32ClFN4O6/c1-42-30-18-25-27(19-31(30)44-13-3-10-37-11-14-43-15-12-37)36-9-8-28(25)45-29-7-6-24(17-26(29)35)39-32(40)21-38(33(39)41)20-22-4-2-5-23(34)16-22/h2,4-9,16-19,21,40H,3,10-15,20H2,1H3. The summed E-state index contributed by atoms with van der Waals surface area (Å²) in [5.41, 5.74) is 0.974. The van der Waals surface area contributed by atoms with Gasteiger partial charge in [0.15, 0.2) is 23.1 Å². The Balaban J connectivity index is 1.19. The Hall–Kier alpha value is -4.58. The molecule has 0 unspecified atom stereocenters. The minimum absolute atomic E-state index is 0.0699. The quantitative estimate of drug-likeness (QED) is 0.187. The van der Waals surface area contributed by atoms with Crippen molar-refractivity contribution in [1.82, 2.24) is 19.0 Å². The van der Waals surface area contributed by atoms with Gasteiger partial charge in [-0.15, -0.1) is 0 Å². The second-order valence-corrected chi connectivity index (χ2v) is 11.0. The van der Waals surface area contributed by atoms with Crippen molar-refractivity contribution in [1.29, 1.82) is 0 Å². The lowest BCUT2D eigenvalue weighted by Crippen LogP contribution is -2.37. The minimum atomic E-state index is -0.724. The fourth-order valence-corrected chi connectivity index (χ4v) is 5.49. The highest BCUT2D eigenvalue weighted by atomic mass is 35.5. The molecule has 0 atom stereocenters. The molecule has 0 amide bonds. The first kappa shape index (κ1) is 30.4. The van der Waals surface area contributed by atoms with Crippen molar-refractivity contribution < 1.29 is 28.4 Å². The Kier molecular flexibility index (Phi) is 9.20. The molecule has 0 radical (unpaired) electrons. The third-order valence-corrected chi connectivity index (χ3v) is 7.77. The molecule has 3 aromatic carbocycles. The van der Waals surface area contributed by atoms with Crippen molar-refractivity contribution in [2.45, 2.75) is 13.0 Å². The van der Waals surface area contributed by atoms with Gasteiger partial charge in [-0.1, -0.05) is 23.7 Å². The number of aromatic nitrogens is 3. The Labute approximate surface area is 263 Å². The molecular formula is C33H32ClFN4O6. The first-order valence-electron chi connectivity index (χ1n) is 14.5. The highest BCUT2D eigenvalue weighted by molar-refractivity contribution is 6.30. The van der Waals surface area contributed by atoms with Crippen LogP contribution in [-0.2, 0) is 11.3 Å². The fourth-order valence-electron chi connectivity index (χ4n) is 5.28. The van der Waals surface area contributed by atoms with Gasteiger partial charge in [0.25, 0.3) is 0 Å². The van der Waals surface area contributed by atoms with Gasteiger partial charge in [0.2, 0.25) is 5.88 Å². The van der Waals surface area contributed by atoms with Crippen LogP contribution in [0.2, 0.25) is 5.02 Å². The predicted octanol–water partition coefficient (Wildman–Crippen LogP) is 5.64. The fraction of sp³-hybridized carbons (Fsp3) is 0.273. The summed E-state index contributed by atoms with van der Waals surface area (Å²) >= 11 is 6.06. The van der Waals surface area contributed by atoms with Gasteiger partial charge in [-0.05, 0) is 48.4 Å². The minimum Gasteiger partial charge on any atom is -0.493 e. The van der Waals surface area contributed by atoms with Crippen molar-refractivity contribution in [3.05, 3.63) is 99.9 Å². The van der Waals surface area contributed by atoms with Crippen molar-refractivity contribution in [3.63, 3.8) is 0 Å². The largest absolute Gasteiger partial charge is 0.493 e. The van der Waals surface area contributed by atoms with Crippen LogP contribution in [0.4, 0.5) is 4.39 Å². The zero-order valence-corrected chi connectivity index (χ0v) is 25.4. The van der Waals surface area contributed by atoms with E-state index in [4.69, 9.17) is 30.5 Å². The molecule has 10 nitrogen and oxygen atoms in total. The zero-order chi connectivity index (χ0) is 31.3. The van der Waals surface area contributed by atoms with Gasteiger partial charge in [-0.2, -0.15) is 0 Å². The maximum absolute atomic E-state index is 15.4. The molecule has 1 N–H and O–H groups in total. The van der Waals surface area contributed by atoms with Crippen LogP contribution in [0.5, 0.6) is 28.9 Å². The van der Waals surface area contributed by atoms with Gasteiger partial charge in [0, 0.05) is 48.4 Å². The number of hydrogen-bond donors (Lipinski definition) is 1. The summed E-state index contributed by atoms with van der Waals surface area (Å²) in [6, 6.07) is 16.2. The number of fused-ring (bicyclic) bond motifs is 1. The van der Waals surface area contributed by atoms with E-state index >= 15 is 4.39 Å². The van der Waals surface area contributed by atoms with E-state index in [9.17, 15) is 9.90 Å². The van der Waals surface area contributed by atoms with Crippen molar-refractivity contribution in [3.8, 4) is 34.6 Å². The van der Waals surface area contributed by atoms with E-state index in [1.54, 1.807) is 49.7 Å². The van der Waals surface area contributed by atoms with Gasteiger partial charge >= 0.3 is 5.69 Å². The number of rotatable bonds is 11. The normalized spacial score (nSPS) is 13.7. The molecule has 6 rings (SSSR count). The number of hydrogen-bond acceptors (Lipinski definition) is 8. The summed E-state index contributed by atoms with van der Waals surface area (Å²) in [4.78, 5) is 19.9. The van der Waals surface area contributed by atoms with E-state index in [1.165, 1.54) is 22.9 Å². The smallest absolute Gasteiger partial charge is 0.336 e. The molecule has 0 bridgehead atoms. The molecule has 2 aromatic heterocycles. The van der Waals surface area contributed by atoms with Gasteiger partial charge in [0.1, 0.15) is 5.75 Å². The number of aromatic hydroxyl groups is 1. The van der Waals surface area contributed by atoms with E-state index in [-0.39, 0.29) is 23.9 Å². The van der Waals surface area contributed by atoms with Gasteiger partial charge in [-0.3, -0.25) is 14.5 Å². The van der Waals surface area contributed by atoms with Crippen LogP contribution in [-0.4, -0.2) is 70.7 Å². The maximum atomic E-state index is 15.4. The number of methoxy groups -OCH3 is 1. The molecule has 12 heteroatoms. The third kappa shape index (κ3) is 6.90. The predicted molar refractivity (Wildman–Crippen MR) is 168 cm³/mol. The lowest BCUT2D eigenvalue weighted by molar-refractivity contribution is 0.0357. The van der Waals surface area contributed by atoms with Crippen LogP contribution in [0.1, 0.15) is 12.0 Å². The van der Waals surface area contributed by atoms with Crippen LogP contribution < -0.4 is 19.9 Å². The SMILES string of the molecule is COc1cc2c(Oc3ccc(-n4c(O)cn(Cc5cccc(Cl)c5)c4=O)cc3F)ccnc2cc1OCCCN1CCOCC1. The van der Waals surface area contributed by atoms with Crippen LogP contribution in [0.25, 0.3) is 16.6 Å². The van der Waals surface area contributed by atoms with E-state index in [1.807, 2.05) is 6.07 Å². The van der Waals surface area contributed by atoms with Gasteiger partial charge in [0.05, 0.1) is 50.9 Å². The number of benzene rings is 3. The summed E-state index contributed by atoms with van der Waals surface area (Å²) in [5, 5.41) is 11.7. The molecule has 0 spiro atoms. The van der Waals surface area contributed by atoms with Crippen LogP contribution in [0, 0.1) is 5.82 Å². The number of pyridine rings is 1. The van der Waals surface area contributed by atoms with E-state index < -0.39 is 11.5 Å². The molecule has 1 aliphatic heterocycles. The summed E-state index contributed by atoms with van der Waals surface area (Å²) in [7, 11) is 1.55. The highest BCUT2D eigenvalue weighted by Crippen LogP contribution is 2.38. The summed E-state index contributed by atoms with van der Waals surface area (Å²) in [6.45, 7) is 4.98. The summed E-state index contributed by atoms with van der Waals surface area (Å²) < 4.78 is 40.7. The Morgan fingerprint density at radius 2 is 1.87 bits per heavy atom. The van der Waals surface area contributed by atoms with Crippen LogP contribution in [0.15, 0.2) is 77.9 Å².